The summed E-state index contributed by atoms with van der Waals surface area (Å²) in [4.78, 5) is 51.9. The summed E-state index contributed by atoms with van der Waals surface area (Å²) in [5, 5.41) is 3.77. The number of nitrogens with one attached hydrogen (secondary N) is 1. The maximum Gasteiger partial charge on any atom is 0.318 e. The molecule has 0 saturated carbocycles. The van der Waals surface area contributed by atoms with Gasteiger partial charge in [0.05, 0.1) is 18.3 Å². The van der Waals surface area contributed by atoms with E-state index in [1.807, 2.05) is 32.6 Å². The maximum absolute atomic E-state index is 12.7. The van der Waals surface area contributed by atoms with Gasteiger partial charge in [-0.05, 0) is 47.5 Å². The van der Waals surface area contributed by atoms with Gasteiger partial charge in [-0.1, -0.05) is 23.4 Å². The number of thioether (sulfide) groups is 1. The number of urea groups is 1. The third-order valence-corrected chi connectivity index (χ3v) is 7.17. The van der Waals surface area contributed by atoms with E-state index in [9.17, 15) is 14.4 Å². The smallest absolute Gasteiger partial charge is 0.318 e. The van der Waals surface area contributed by atoms with Crippen LogP contribution in [0.1, 0.15) is 47.5 Å². The Morgan fingerprint density at radius 1 is 1.17 bits per heavy atom. The summed E-state index contributed by atoms with van der Waals surface area (Å²) in [5.74, 6) is 0.551. The number of ether oxygens (including phenoxy) is 1. The first-order valence-electron chi connectivity index (χ1n) is 12.4. The second-order valence-electron chi connectivity index (χ2n) is 10.2. The van der Waals surface area contributed by atoms with Gasteiger partial charge in [0.25, 0.3) is 0 Å². The Morgan fingerprint density at radius 2 is 1.86 bits per heavy atom. The highest BCUT2D eigenvalue weighted by molar-refractivity contribution is 7.99. The summed E-state index contributed by atoms with van der Waals surface area (Å²) in [5.41, 5.74) is -0.297. The minimum atomic E-state index is -0.297. The number of likely N-dealkylation sites (tertiary alicyclic amines) is 1. The molecule has 1 N–H and O–H groups in total. The zero-order chi connectivity index (χ0) is 26.5. The number of piperidine rings is 1. The lowest BCUT2D eigenvalue weighted by molar-refractivity contribution is -0.151. The fourth-order valence-corrected chi connectivity index (χ4v) is 5.30. The number of piperazine rings is 1. The molecule has 3 amide bonds. The number of halogens is 1. The van der Waals surface area contributed by atoms with Gasteiger partial charge in [-0.15, -0.1) is 0 Å². The first-order valence-corrected chi connectivity index (χ1v) is 13.8. The fraction of sp³-hybridized carbons (Fsp3) is 0.708. The molecule has 0 aromatic carbocycles. The molecule has 1 aromatic heterocycles. The quantitative estimate of drug-likeness (QED) is 0.254. The van der Waals surface area contributed by atoms with Crippen molar-refractivity contribution < 1.29 is 19.1 Å². The van der Waals surface area contributed by atoms with Crippen molar-refractivity contribution in [1.82, 2.24) is 25.1 Å². The molecule has 3 heterocycles. The lowest BCUT2D eigenvalue weighted by Crippen LogP contribution is -2.59. The van der Waals surface area contributed by atoms with Crippen LogP contribution in [-0.4, -0.2) is 94.3 Å². The standard InChI is InChI=1S/C24H37ClN6O4S/c1-6-35-21(33)17-7-9-29(10-8-17)20(32)15-36-22-26-18(25)13-19(27-22)30-11-12-31(16(2)14-30)23(34)28-24(3,4)5/h13,16-17H,6-12,14-15H2,1-5H3,(H,28,34). The first-order chi connectivity index (χ1) is 17.0. The van der Waals surface area contributed by atoms with Crippen LogP contribution in [0.25, 0.3) is 0 Å². The molecule has 2 aliphatic heterocycles. The summed E-state index contributed by atoms with van der Waals surface area (Å²) < 4.78 is 5.10. The van der Waals surface area contributed by atoms with Crippen LogP contribution in [0, 0.1) is 5.92 Å². The van der Waals surface area contributed by atoms with Gasteiger partial charge in [-0.3, -0.25) is 9.59 Å². The Bertz CT molecular complexity index is 951. The highest BCUT2D eigenvalue weighted by Crippen LogP contribution is 2.25. The monoisotopic (exact) mass is 540 g/mol. The largest absolute Gasteiger partial charge is 0.466 e. The summed E-state index contributed by atoms with van der Waals surface area (Å²) in [6, 6.07) is 1.63. The van der Waals surface area contributed by atoms with Gasteiger partial charge in [0.15, 0.2) is 5.16 Å². The van der Waals surface area contributed by atoms with Crippen molar-refractivity contribution >= 4 is 47.1 Å². The van der Waals surface area contributed by atoms with Gasteiger partial charge in [0, 0.05) is 50.4 Å². The number of esters is 1. The molecular formula is C24H37ClN6O4S. The molecule has 12 heteroatoms. The lowest BCUT2D eigenvalue weighted by atomic mass is 9.97. The molecule has 2 aliphatic rings. The highest BCUT2D eigenvalue weighted by Gasteiger charge is 2.31. The minimum absolute atomic E-state index is 0.00921. The van der Waals surface area contributed by atoms with Gasteiger partial charge in [0.2, 0.25) is 5.91 Å². The Kier molecular flexibility index (Phi) is 9.68. The molecule has 36 heavy (non-hydrogen) atoms. The average Bonchev–Trinajstić information content (AvgIpc) is 2.81. The second-order valence-corrected chi connectivity index (χ2v) is 11.5. The number of hydrogen-bond acceptors (Lipinski definition) is 8. The molecule has 1 unspecified atom stereocenters. The summed E-state index contributed by atoms with van der Waals surface area (Å²) >= 11 is 7.54. The maximum atomic E-state index is 12.7. The molecule has 0 spiro atoms. The number of carbonyl (C=O) groups excluding carboxylic acids is 3. The van der Waals surface area contributed by atoms with Crippen molar-refractivity contribution in [3.8, 4) is 0 Å². The normalized spacial score (nSPS) is 19.3. The number of hydrogen-bond donors (Lipinski definition) is 1. The van der Waals surface area contributed by atoms with E-state index in [4.69, 9.17) is 16.3 Å². The zero-order valence-electron chi connectivity index (χ0n) is 21.8. The van der Waals surface area contributed by atoms with Crippen molar-refractivity contribution in [3.05, 3.63) is 11.2 Å². The van der Waals surface area contributed by atoms with Crippen LogP contribution < -0.4 is 10.2 Å². The SMILES string of the molecule is CCOC(=O)C1CCN(C(=O)CSc2nc(Cl)cc(N3CCN(C(=O)NC(C)(C)C)C(C)C3)n2)CC1. The summed E-state index contributed by atoms with van der Waals surface area (Å²) in [6.45, 7) is 12.9. The molecule has 0 radical (unpaired) electrons. The molecule has 0 aliphatic carbocycles. The van der Waals surface area contributed by atoms with Crippen LogP contribution >= 0.6 is 23.4 Å². The van der Waals surface area contributed by atoms with Gasteiger partial charge in [0.1, 0.15) is 11.0 Å². The van der Waals surface area contributed by atoms with Crippen molar-refractivity contribution in [1.29, 1.82) is 0 Å². The molecule has 1 aromatic rings. The van der Waals surface area contributed by atoms with Crippen LogP contribution in [0.4, 0.5) is 10.6 Å². The molecule has 2 saturated heterocycles. The van der Waals surface area contributed by atoms with Crippen LogP contribution in [0.2, 0.25) is 5.15 Å². The number of carbonyl (C=O) groups is 3. The van der Waals surface area contributed by atoms with Crippen molar-refractivity contribution in [2.24, 2.45) is 5.92 Å². The highest BCUT2D eigenvalue weighted by atomic mass is 35.5. The Morgan fingerprint density at radius 3 is 2.47 bits per heavy atom. The molecule has 10 nitrogen and oxygen atoms in total. The fourth-order valence-electron chi connectivity index (χ4n) is 4.31. The molecule has 1 atom stereocenters. The van der Waals surface area contributed by atoms with E-state index in [0.717, 1.165) is 0 Å². The molecule has 0 bridgehead atoms. The topological polar surface area (TPSA) is 108 Å². The van der Waals surface area contributed by atoms with Crippen LogP contribution in [0.3, 0.4) is 0 Å². The van der Waals surface area contributed by atoms with Crippen LogP contribution in [0.15, 0.2) is 11.2 Å². The van der Waals surface area contributed by atoms with E-state index in [1.165, 1.54) is 11.8 Å². The Hall–Kier alpha value is -2.27. The first kappa shape index (κ1) is 28.3. The van der Waals surface area contributed by atoms with E-state index in [0.29, 0.717) is 68.3 Å². The Balaban J connectivity index is 1.54. The second kappa shape index (κ2) is 12.3. The third-order valence-electron chi connectivity index (χ3n) is 6.15. The van der Waals surface area contributed by atoms with Crippen molar-refractivity contribution in [2.75, 3.05) is 50.0 Å². The van der Waals surface area contributed by atoms with Gasteiger partial charge < -0.3 is 24.8 Å². The number of nitrogens with zero attached hydrogens (tertiary/aromatic N) is 5. The van der Waals surface area contributed by atoms with E-state index >= 15 is 0 Å². The predicted molar refractivity (Wildman–Crippen MR) is 140 cm³/mol. The number of rotatable bonds is 6. The Labute approximate surface area is 222 Å². The van der Waals surface area contributed by atoms with Gasteiger partial charge in [-0.25, -0.2) is 14.8 Å². The number of anilines is 1. The third kappa shape index (κ3) is 7.86. The summed E-state index contributed by atoms with van der Waals surface area (Å²) in [6.07, 6.45) is 1.23. The van der Waals surface area contributed by atoms with E-state index in [2.05, 4.69) is 20.2 Å². The summed E-state index contributed by atoms with van der Waals surface area (Å²) in [7, 11) is 0. The molecule has 3 rings (SSSR count). The van der Waals surface area contributed by atoms with Gasteiger partial charge >= 0.3 is 12.0 Å². The van der Waals surface area contributed by atoms with E-state index < -0.39 is 0 Å². The van der Waals surface area contributed by atoms with E-state index in [-0.39, 0.29) is 41.2 Å². The van der Waals surface area contributed by atoms with Crippen LogP contribution in [-0.2, 0) is 14.3 Å². The van der Waals surface area contributed by atoms with Crippen molar-refractivity contribution in [2.45, 2.75) is 64.2 Å². The zero-order valence-corrected chi connectivity index (χ0v) is 23.3. The van der Waals surface area contributed by atoms with Crippen LogP contribution in [0.5, 0.6) is 0 Å². The predicted octanol–water partition coefficient (Wildman–Crippen LogP) is 3.04. The van der Waals surface area contributed by atoms with Gasteiger partial charge in [-0.2, -0.15) is 0 Å². The molecule has 2 fully saturated rings. The van der Waals surface area contributed by atoms with E-state index in [1.54, 1.807) is 17.9 Å². The van der Waals surface area contributed by atoms with Crippen molar-refractivity contribution in [3.63, 3.8) is 0 Å². The number of aromatic nitrogens is 2. The lowest BCUT2D eigenvalue weighted by Gasteiger charge is -2.41. The molecular weight excluding hydrogens is 504 g/mol. The minimum Gasteiger partial charge on any atom is -0.466 e. The number of amides is 3. The average molecular weight is 541 g/mol. The molecule has 200 valence electrons.